The summed E-state index contributed by atoms with van der Waals surface area (Å²) in [5, 5.41) is 8.34. The monoisotopic (exact) mass is 229 g/mol. The Hall–Kier alpha value is -1.61. The van der Waals surface area contributed by atoms with E-state index in [9.17, 15) is 12.8 Å². The second kappa shape index (κ2) is 4.28. The lowest BCUT2D eigenvalue weighted by molar-refractivity contribution is 0.399. The van der Waals surface area contributed by atoms with E-state index in [0.29, 0.717) is 0 Å². The van der Waals surface area contributed by atoms with E-state index in [4.69, 9.17) is 10.00 Å². The maximum atomic E-state index is 12.8. The Kier molecular flexibility index (Phi) is 3.27. The van der Waals surface area contributed by atoms with Gasteiger partial charge in [0, 0.05) is 6.07 Å². The van der Waals surface area contributed by atoms with E-state index in [1.807, 2.05) is 0 Å². The zero-order valence-corrected chi connectivity index (χ0v) is 8.71. The number of rotatable bonds is 3. The first-order valence-electron chi connectivity index (χ1n) is 3.94. The molecule has 0 unspecified atom stereocenters. The highest BCUT2D eigenvalue weighted by Gasteiger charge is 2.19. The minimum atomic E-state index is -3.72. The Morgan fingerprint density at radius 2 is 2.20 bits per heavy atom. The molecule has 0 bridgehead atoms. The average molecular weight is 229 g/mol. The van der Waals surface area contributed by atoms with Gasteiger partial charge in [0.15, 0.2) is 9.84 Å². The topological polar surface area (TPSA) is 67.2 Å². The third-order valence-corrected chi connectivity index (χ3v) is 3.23. The molecule has 0 N–H and O–H groups in total. The molecule has 1 aromatic rings. The van der Waals surface area contributed by atoms with Crippen molar-refractivity contribution in [3.63, 3.8) is 0 Å². The van der Waals surface area contributed by atoms with Crippen LogP contribution in [-0.2, 0) is 9.84 Å². The molecule has 0 radical (unpaired) electrons. The highest BCUT2D eigenvalue weighted by Crippen LogP contribution is 2.25. The van der Waals surface area contributed by atoms with Crippen molar-refractivity contribution in [3.8, 4) is 11.8 Å². The van der Waals surface area contributed by atoms with E-state index in [-0.39, 0.29) is 10.6 Å². The Morgan fingerprint density at radius 3 is 2.73 bits per heavy atom. The van der Waals surface area contributed by atoms with Gasteiger partial charge in [0.1, 0.15) is 22.2 Å². The summed E-state index contributed by atoms with van der Waals surface area (Å²) in [5.74, 6) is -1.34. The van der Waals surface area contributed by atoms with Crippen LogP contribution >= 0.6 is 0 Å². The van der Waals surface area contributed by atoms with Gasteiger partial charge in [-0.15, -0.1) is 0 Å². The molecule has 0 fully saturated rings. The van der Waals surface area contributed by atoms with Crippen molar-refractivity contribution >= 4 is 9.84 Å². The first-order chi connectivity index (χ1) is 7.01. The quantitative estimate of drug-likeness (QED) is 0.729. The predicted molar refractivity (Wildman–Crippen MR) is 50.6 cm³/mol. The molecule has 0 aliphatic heterocycles. The number of nitrogens with zero attached hydrogens (tertiary/aromatic N) is 1. The van der Waals surface area contributed by atoms with Gasteiger partial charge in [-0.1, -0.05) is 0 Å². The first kappa shape index (κ1) is 11.5. The van der Waals surface area contributed by atoms with Gasteiger partial charge in [-0.25, -0.2) is 12.8 Å². The molecule has 6 heteroatoms. The van der Waals surface area contributed by atoms with Crippen LogP contribution in [-0.4, -0.2) is 21.3 Å². The van der Waals surface area contributed by atoms with Gasteiger partial charge in [-0.3, -0.25) is 0 Å². The molecule has 1 rings (SSSR count). The third-order valence-electron chi connectivity index (χ3n) is 1.72. The van der Waals surface area contributed by atoms with Gasteiger partial charge < -0.3 is 4.74 Å². The van der Waals surface area contributed by atoms with E-state index in [1.165, 1.54) is 13.2 Å². The third kappa shape index (κ3) is 2.44. The molecule has 80 valence electrons. The van der Waals surface area contributed by atoms with Crippen molar-refractivity contribution in [2.75, 3.05) is 12.9 Å². The SMILES string of the molecule is COc1cc(F)ccc1S(=O)(=O)CC#N. The van der Waals surface area contributed by atoms with Crippen molar-refractivity contribution < 1.29 is 17.5 Å². The summed E-state index contributed by atoms with van der Waals surface area (Å²) < 4.78 is 40.5. The molecule has 0 saturated heterocycles. The smallest absolute Gasteiger partial charge is 0.195 e. The largest absolute Gasteiger partial charge is 0.495 e. The van der Waals surface area contributed by atoms with Crippen LogP contribution in [0.4, 0.5) is 4.39 Å². The highest BCUT2D eigenvalue weighted by atomic mass is 32.2. The van der Waals surface area contributed by atoms with Crippen LogP contribution in [0.1, 0.15) is 0 Å². The Labute approximate surface area is 86.8 Å². The van der Waals surface area contributed by atoms with Gasteiger partial charge in [0.05, 0.1) is 13.2 Å². The van der Waals surface area contributed by atoms with Crippen LogP contribution in [0.5, 0.6) is 5.75 Å². The summed E-state index contributed by atoms with van der Waals surface area (Å²) in [6, 6.07) is 4.59. The van der Waals surface area contributed by atoms with Crippen molar-refractivity contribution in [3.05, 3.63) is 24.0 Å². The van der Waals surface area contributed by atoms with Crippen LogP contribution < -0.4 is 4.74 Å². The lowest BCUT2D eigenvalue weighted by Crippen LogP contribution is -2.07. The summed E-state index contributed by atoms with van der Waals surface area (Å²) >= 11 is 0. The van der Waals surface area contributed by atoms with Crippen LogP contribution in [0.3, 0.4) is 0 Å². The van der Waals surface area contributed by atoms with Crippen LogP contribution in [0.15, 0.2) is 23.1 Å². The predicted octanol–water partition coefficient (Wildman–Crippen LogP) is 1.13. The maximum absolute atomic E-state index is 12.8. The number of sulfone groups is 1. The fraction of sp³-hybridized carbons (Fsp3) is 0.222. The molecule has 15 heavy (non-hydrogen) atoms. The van der Waals surface area contributed by atoms with E-state index in [2.05, 4.69) is 0 Å². The number of hydrogen-bond acceptors (Lipinski definition) is 4. The molecular weight excluding hydrogens is 221 g/mol. The van der Waals surface area contributed by atoms with E-state index >= 15 is 0 Å². The zero-order chi connectivity index (χ0) is 11.5. The fourth-order valence-corrected chi connectivity index (χ4v) is 2.11. The first-order valence-corrected chi connectivity index (χ1v) is 5.59. The molecule has 0 spiro atoms. The number of halogens is 1. The van der Waals surface area contributed by atoms with Crippen LogP contribution in [0.2, 0.25) is 0 Å². The number of hydrogen-bond donors (Lipinski definition) is 0. The van der Waals surface area contributed by atoms with Gasteiger partial charge in [0.25, 0.3) is 0 Å². The second-order valence-corrected chi connectivity index (χ2v) is 4.67. The van der Waals surface area contributed by atoms with Crippen molar-refractivity contribution in [1.82, 2.24) is 0 Å². The fourth-order valence-electron chi connectivity index (χ4n) is 1.06. The number of benzene rings is 1. The summed E-state index contributed by atoms with van der Waals surface area (Å²) in [6.45, 7) is 0. The molecule has 0 heterocycles. The number of nitriles is 1. The van der Waals surface area contributed by atoms with Crippen molar-refractivity contribution in [2.45, 2.75) is 4.90 Å². The molecule has 0 aliphatic carbocycles. The average Bonchev–Trinajstić information content (AvgIpc) is 2.17. The molecule has 0 atom stereocenters. The lowest BCUT2D eigenvalue weighted by atomic mass is 10.3. The molecule has 4 nitrogen and oxygen atoms in total. The van der Waals surface area contributed by atoms with Crippen molar-refractivity contribution in [1.29, 1.82) is 5.26 Å². The van der Waals surface area contributed by atoms with E-state index in [1.54, 1.807) is 0 Å². The normalized spacial score (nSPS) is 10.7. The molecular formula is C9H8FNO3S. The summed E-state index contributed by atoms with van der Waals surface area (Å²) in [5.41, 5.74) is 0. The molecule has 0 amide bonds. The standard InChI is InChI=1S/C9H8FNO3S/c1-14-8-6-7(10)2-3-9(8)15(12,13)5-4-11/h2-3,6H,5H2,1H3. The van der Waals surface area contributed by atoms with Crippen LogP contribution in [0.25, 0.3) is 0 Å². The second-order valence-electron chi connectivity index (χ2n) is 2.71. The highest BCUT2D eigenvalue weighted by molar-refractivity contribution is 7.91. The number of methoxy groups -OCH3 is 1. The maximum Gasteiger partial charge on any atom is 0.195 e. The Bertz CT molecular complexity index is 505. The molecule has 0 aliphatic rings. The van der Waals surface area contributed by atoms with E-state index in [0.717, 1.165) is 18.2 Å². The molecule has 0 aromatic heterocycles. The van der Waals surface area contributed by atoms with Gasteiger partial charge in [0.2, 0.25) is 0 Å². The Morgan fingerprint density at radius 1 is 1.53 bits per heavy atom. The molecule has 1 aromatic carbocycles. The zero-order valence-electron chi connectivity index (χ0n) is 7.90. The summed E-state index contributed by atoms with van der Waals surface area (Å²) in [7, 11) is -2.49. The van der Waals surface area contributed by atoms with Crippen molar-refractivity contribution in [2.24, 2.45) is 0 Å². The van der Waals surface area contributed by atoms with Gasteiger partial charge >= 0.3 is 0 Å². The number of ether oxygens (including phenoxy) is 1. The minimum Gasteiger partial charge on any atom is -0.495 e. The minimum absolute atomic E-state index is 0.0924. The van der Waals surface area contributed by atoms with Gasteiger partial charge in [-0.05, 0) is 12.1 Å². The Balaban J connectivity index is 3.33. The van der Waals surface area contributed by atoms with E-state index < -0.39 is 21.4 Å². The summed E-state index contributed by atoms with van der Waals surface area (Å²) in [6.07, 6.45) is 0. The molecule has 0 saturated carbocycles. The van der Waals surface area contributed by atoms with Crippen LogP contribution in [0, 0.1) is 17.1 Å². The lowest BCUT2D eigenvalue weighted by Gasteiger charge is -2.06. The van der Waals surface area contributed by atoms with Gasteiger partial charge in [-0.2, -0.15) is 5.26 Å². The summed E-state index contributed by atoms with van der Waals surface area (Å²) in [4.78, 5) is -0.173.